The van der Waals surface area contributed by atoms with Crippen LogP contribution in [0.5, 0.6) is 0 Å². The van der Waals surface area contributed by atoms with Gasteiger partial charge in [-0.05, 0) is 49.1 Å². The highest BCUT2D eigenvalue weighted by Gasteiger charge is 1.99. The van der Waals surface area contributed by atoms with Gasteiger partial charge in [-0.1, -0.05) is 31.5 Å². The molecule has 1 aromatic carbocycles. The van der Waals surface area contributed by atoms with Crippen LogP contribution in [0, 0.1) is 6.92 Å². The summed E-state index contributed by atoms with van der Waals surface area (Å²) in [5.41, 5.74) is 4.92. The van der Waals surface area contributed by atoms with Crippen LogP contribution in [-0.4, -0.2) is 4.98 Å². The SMILES string of the molecule is CCCCc1ccc(NCc2ncccc2C)cc1. The zero-order chi connectivity index (χ0) is 13.5. The molecule has 2 aromatic rings. The van der Waals surface area contributed by atoms with Gasteiger partial charge >= 0.3 is 0 Å². The van der Waals surface area contributed by atoms with E-state index in [9.17, 15) is 0 Å². The third-order valence-corrected chi connectivity index (χ3v) is 3.35. The Bertz CT molecular complexity index is 503. The first-order valence-electron chi connectivity index (χ1n) is 7.03. The molecule has 0 amide bonds. The summed E-state index contributed by atoms with van der Waals surface area (Å²) in [5.74, 6) is 0. The second-order valence-electron chi connectivity index (χ2n) is 4.92. The number of aryl methyl sites for hydroxylation is 2. The summed E-state index contributed by atoms with van der Waals surface area (Å²) < 4.78 is 0. The zero-order valence-corrected chi connectivity index (χ0v) is 11.8. The number of anilines is 1. The van der Waals surface area contributed by atoms with Crippen molar-refractivity contribution in [1.82, 2.24) is 4.98 Å². The number of pyridine rings is 1. The van der Waals surface area contributed by atoms with Crippen LogP contribution in [0.25, 0.3) is 0 Å². The lowest BCUT2D eigenvalue weighted by atomic mass is 10.1. The molecule has 0 fully saturated rings. The van der Waals surface area contributed by atoms with Crippen LogP contribution in [-0.2, 0) is 13.0 Å². The normalized spacial score (nSPS) is 10.4. The molecule has 2 rings (SSSR count). The summed E-state index contributed by atoms with van der Waals surface area (Å²) in [5, 5.41) is 3.42. The number of hydrogen-bond donors (Lipinski definition) is 1. The minimum absolute atomic E-state index is 0.779. The topological polar surface area (TPSA) is 24.9 Å². The second kappa shape index (κ2) is 6.93. The fourth-order valence-corrected chi connectivity index (χ4v) is 2.06. The molecule has 2 nitrogen and oxygen atoms in total. The Hall–Kier alpha value is -1.83. The lowest BCUT2D eigenvalue weighted by Gasteiger charge is -2.08. The largest absolute Gasteiger partial charge is 0.379 e. The van der Waals surface area contributed by atoms with Gasteiger partial charge in [0.1, 0.15) is 0 Å². The van der Waals surface area contributed by atoms with E-state index < -0.39 is 0 Å². The Morgan fingerprint density at radius 3 is 2.58 bits per heavy atom. The molecule has 100 valence electrons. The van der Waals surface area contributed by atoms with Crippen molar-refractivity contribution < 1.29 is 0 Å². The summed E-state index contributed by atoms with van der Waals surface area (Å²) in [7, 11) is 0. The van der Waals surface area contributed by atoms with E-state index in [4.69, 9.17) is 0 Å². The van der Waals surface area contributed by atoms with E-state index >= 15 is 0 Å². The number of nitrogens with zero attached hydrogens (tertiary/aromatic N) is 1. The summed E-state index contributed by atoms with van der Waals surface area (Å²) in [6, 6.07) is 12.8. The number of nitrogens with one attached hydrogen (secondary N) is 1. The summed E-state index contributed by atoms with van der Waals surface area (Å²) in [6.07, 6.45) is 5.53. The van der Waals surface area contributed by atoms with Gasteiger partial charge in [-0.15, -0.1) is 0 Å². The highest BCUT2D eigenvalue weighted by molar-refractivity contribution is 5.45. The van der Waals surface area contributed by atoms with Crippen LogP contribution >= 0.6 is 0 Å². The molecular formula is C17H22N2. The minimum atomic E-state index is 0.779. The van der Waals surface area contributed by atoms with Gasteiger partial charge in [-0.25, -0.2) is 0 Å². The smallest absolute Gasteiger partial charge is 0.0623 e. The van der Waals surface area contributed by atoms with Crippen molar-refractivity contribution in [2.75, 3.05) is 5.32 Å². The van der Waals surface area contributed by atoms with E-state index in [1.165, 1.54) is 30.4 Å². The minimum Gasteiger partial charge on any atom is -0.379 e. The van der Waals surface area contributed by atoms with Crippen LogP contribution in [0.15, 0.2) is 42.6 Å². The van der Waals surface area contributed by atoms with E-state index in [-0.39, 0.29) is 0 Å². The third kappa shape index (κ3) is 4.09. The molecular weight excluding hydrogens is 232 g/mol. The molecule has 0 spiro atoms. The number of aromatic nitrogens is 1. The highest BCUT2D eigenvalue weighted by Crippen LogP contribution is 2.13. The van der Waals surface area contributed by atoms with Crippen molar-refractivity contribution in [3.05, 3.63) is 59.4 Å². The van der Waals surface area contributed by atoms with E-state index in [2.05, 4.69) is 54.5 Å². The zero-order valence-electron chi connectivity index (χ0n) is 11.8. The van der Waals surface area contributed by atoms with Crippen LogP contribution < -0.4 is 5.32 Å². The summed E-state index contributed by atoms with van der Waals surface area (Å²) >= 11 is 0. The first-order valence-corrected chi connectivity index (χ1v) is 7.03. The van der Waals surface area contributed by atoms with Crippen molar-refractivity contribution in [3.63, 3.8) is 0 Å². The van der Waals surface area contributed by atoms with Gasteiger partial charge in [0.15, 0.2) is 0 Å². The molecule has 0 aliphatic heterocycles. The first-order chi connectivity index (χ1) is 9.29. The van der Waals surface area contributed by atoms with Gasteiger partial charge in [0.2, 0.25) is 0 Å². The Morgan fingerprint density at radius 2 is 1.89 bits per heavy atom. The van der Waals surface area contributed by atoms with Crippen molar-refractivity contribution in [2.45, 2.75) is 39.7 Å². The molecule has 1 heterocycles. The van der Waals surface area contributed by atoms with Crippen LogP contribution in [0.4, 0.5) is 5.69 Å². The maximum Gasteiger partial charge on any atom is 0.0623 e. The summed E-state index contributed by atoms with van der Waals surface area (Å²) in [6.45, 7) is 5.10. The van der Waals surface area contributed by atoms with Crippen molar-refractivity contribution in [3.8, 4) is 0 Å². The molecule has 0 aliphatic rings. The molecule has 0 radical (unpaired) electrons. The van der Waals surface area contributed by atoms with Gasteiger partial charge in [-0.3, -0.25) is 4.98 Å². The molecule has 0 saturated carbocycles. The Labute approximate surface area is 115 Å². The van der Waals surface area contributed by atoms with Crippen LogP contribution in [0.3, 0.4) is 0 Å². The van der Waals surface area contributed by atoms with Crippen molar-refractivity contribution in [2.24, 2.45) is 0 Å². The van der Waals surface area contributed by atoms with E-state index in [1.54, 1.807) is 0 Å². The average molecular weight is 254 g/mol. The van der Waals surface area contributed by atoms with E-state index in [0.29, 0.717) is 0 Å². The van der Waals surface area contributed by atoms with Gasteiger partial charge < -0.3 is 5.32 Å². The van der Waals surface area contributed by atoms with E-state index in [1.807, 2.05) is 12.3 Å². The van der Waals surface area contributed by atoms with Gasteiger partial charge in [-0.2, -0.15) is 0 Å². The first kappa shape index (κ1) is 13.6. The van der Waals surface area contributed by atoms with E-state index in [0.717, 1.165) is 17.9 Å². The molecule has 0 atom stereocenters. The molecule has 1 N–H and O–H groups in total. The molecule has 0 saturated heterocycles. The lowest BCUT2D eigenvalue weighted by Crippen LogP contribution is -2.03. The average Bonchev–Trinajstić information content (AvgIpc) is 2.45. The Balaban J connectivity index is 1.91. The van der Waals surface area contributed by atoms with Gasteiger partial charge in [0.25, 0.3) is 0 Å². The fraction of sp³-hybridized carbons (Fsp3) is 0.353. The third-order valence-electron chi connectivity index (χ3n) is 3.35. The molecule has 0 bridgehead atoms. The molecule has 1 aromatic heterocycles. The molecule has 0 unspecified atom stereocenters. The van der Waals surface area contributed by atoms with Crippen LogP contribution in [0.1, 0.15) is 36.6 Å². The number of hydrogen-bond acceptors (Lipinski definition) is 2. The second-order valence-corrected chi connectivity index (χ2v) is 4.92. The van der Waals surface area contributed by atoms with Crippen LogP contribution in [0.2, 0.25) is 0 Å². The summed E-state index contributed by atoms with van der Waals surface area (Å²) in [4.78, 5) is 4.39. The quantitative estimate of drug-likeness (QED) is 0.829. The van der Waals surface area contributed by atoms with Crippen molar-refractivity contribution >= 4 is 5.69 Å². The maximum absolute atomic E-state index is 4.39. The lowest BCUT2D eigenvalue weighted by molar-refractivity contribution is 0.795. The van der Waals surface area contributed by atoms with Gasteiger partial charge in [0.05, 0.1) is 12.2 Å². The standard InChI is InChI=1S/C17H22N2/c1-3-4-7-15-8-10-16(11-9-15)19-13-17-14(2)6-5-12-18-17/h5-6,8-12,19H,3-4,7,13H2,1-2H3. The molecule has 0 aliphatic carbocycles. The Morgan fingerprint density at radius 1 is 1.11 bits per heavy atom. The highest BCUT2D eigenvalue weighted by atomic mass is 14.9. The molecule has 19 heavy (non-hydrogen) atoms. The predicted molar refractivity (Wildman–Crippen MR) is 81.4 cm³/mol. The van der Waals surface area contributed by atoms with Gasteiger partial charge in [0, 0.05) is 11.9 Å². The number of unbranched alkanes of at least 4 members (excludes halogenated alkanes) is 1. The fourth-order valence-electron chi connectivity index (χ4n) is 2.06. The molecule has 2 heteroatoms. The number of benzene rings is 1. The Kier molecular flexibility index (Phi) is 4.96. The van der Waals surface area contributed by atoms with Crippen molar-refractivity contribution in [1.29, 1.82) is 0 Å². The maximum atomic E-state index is 4.39. The monoisotopic (exact) mass is 254 g/mol. The number of rotatable bonds is 6. The predicted octanol–water partition coefficient (Wildman–Crippen LogP) is 4.34.